The molecule has 0 aromatic carbocycles. The second-order valence-electron chi connectivity index (χ2n) is 7.38. The molecule has 0 bridgehead atoms. The van der Waals surface area contributed by atoms with Crippen molar-refractivity contribution >= 4 is 5.91 Å². The van der Waals surface area contributed by atoms with Gasteiger partial charge in [-0.15, -0.1) is 0 Å². The van der Waals surface area contributed by atoms with Crippen molar-refractivity contribution < 1.29 is 4.79 Å². The van der Waals surface area contributed by atoms with E-state index in [2.05, 4.69) is 54.4 Å². The fourth-order valence-electron chi connectivity index (χ4n) is 3.72. The van der Waals surface area contributed by atoms with E-state index in [4.69, 9.17) is 0 Å². The van der Waals surface area contributed by atoms with Crippen molar-refractivity contribution in [1.29, 1.82) is 0 Å². The highest BCUT2D eigenvalue weighted by atomic mass is 16.2. The first-order valence-electron chi connectivity index (χ1n) is 9.58. The second-order valence-corrected chi connectivity index (χ2v) is 7.38. The Kier molecular flexibility index (Phi) is 6.09. The summed E-state index contributed by atoms with van der Waals surface area (Å²) in [4.78, 5) is 17.7. The molecule has 2 aliphatic carbocycles. The number of rotatable bonds is 6. The third-order valence-corrected chi connectivity index (χ3v) is 5.43. The average molecular weight is 338 g/mol. The molecule has 0 radical (unpaired) electrons. The van der Waals surface area contributed by atoms with Crippen LogP contribution in [-0.4, -0.2) is 48.4 Å². The fourth-order valence-corrected chi connectivity index (χ4v) is 3.72. The van der Waals surface area contributed by atoms with Gasteiger partial charge in [-0.3, -0.25) is 4.79 Å². The average Bonchev–Trinajstić information content (AvgIpc) is 3.33. The number of likely N-dealkylation sites (N-methyl/N-ethyl adjacent to an activating group) is 1. The number of hydrogen-bond donors (Lipinski definition) is 0. The SMILES string of the molecule is CC(CN1CCCCC1)N(C)C(=O)/C(=C/C1=CC=CC1)C1=CC=CC1. The highest BCUT2D eigenvalue weighted by Gasteiger charge is 2.24. The summed E-state index contributed by atoms with van der Waals surface area (Å²) in [6, 6.07) is 0.222. The van der Waals surface area contributed by atoms with Crippen LogP contribution in [0.15, 0.2) is 59.3 Å². The van der Waals surface area contributed by atoms with Crippen molar-refractivity contribution in [3.8, 4) is 0 Å². The van der Waals surface area contributed by atoms with Crippen LogP contribution in [0.2, 0.25) is 0 Å². The maximum Gasteiger partial charge on any atom is 0.254 e. The Bertz CT molecular complexity index is 645. The van der Waals surface area contributed by atoms with Gasteiger partial charge in [0.1, 0.15) is 0 Å². The van der Waals surface area contributed by atoms with Crippen LogP contribution >= 0.6 is 0 Å². The summed E-state index contributed by atoms with van der Waals surface area (Å²) in [6.07, 6.45) is 20.3. The van der Waals surface area contributed by atoms with Gasteiger partial charge < -0.3 is 9.80 Å². The van der Waals surface area contributed by atoms with Crippen LogP contribution < -0.4 is 0 Å². The number of likely N-dealkylation sites (tertiary alicyclic amines) is 1. The van der Waals surface area contributed by atoms with E-state index >= 15 is 0 Å². The monoisotopic (exact) mass is 338 g/mol. The minimum atomic E-state index is 0.146. The molecule has 1 amide bonds. The van der Waals surface area contributed by atoms with Crippen molar-refractivity contribution in [3.05, 3.63) is 59.3 Å². The van der Waals surface area contributed by atoms with Gasteiger partial charge in [0.2, 0.25) is 0 Å². The molecule has 3 rings (SSSR count). The quantitative estimate of drug-likeness (QED) is 0.683. The number of hydrogen-bond acceptors (Lipinski definition) is 2. The van der Waals surface area contributed by atoms with Crippen molar-refractivity contribution in [2.24, 2.45) is 0 Å². The smallest absolute Gasteiger partial charge is 0.254 e. The maximum atomic E-state index is 13.2. The van der Waals surface area contributed by atoms with Gasteiger partial charge >= 0.3 is 0 Å². The molecule has 0 aromatic heterocycles. The van der Waals surface area contributed by atoms with Crippen LogP contribution in [0.3, 0.4) is 0 Å². The Balaban J connectivity index is 1.69. The normalized spacial score (nSPS) is 22.1. The molecule has 1 aliphatic heterocycles. The van der Waals surface area contributed by atoms with Crippen LogP contribution in [0, 0.1) is 0 Å². The molecule has 0 aromatic rings. The van der Waals surface area contributed by atoms with E-state index in [0.717, 1.165) is 30.5 Å². The first kappa shape index (κ1) is 17.9. The van der Waals surface area contributed by atoms with Crippen LogP contribution in [0.1, 0.15) is 39.0 Å². The predicted molar refractivity (Wildman–Crippen MR) is 104 cm³/mol. The van der Waals surface area contributed by atoms with Gasteiger partial charge in [0.15, 0.2) is 0 Å². The van der Waals surface area contributed by atoms with Gasteiger partial charge in [0.25, 0.3) is 5.91 Å². The fraction of sp³-hybridized carbons (Fsp3) is 0.500. The molecular weight excluding hydrogens is 308 g/mol. The van der Waals surface area contributed by atoms with E-state index in [0.29, 0.717) is 0 Å². The minimum Gasteiger partial charge on any atom is -0.338 e. The van der Waals surface area contributed by atoms with Gasteiger partial charge in [-0.1, -0.05) is 42.9 Å². The molecule has 1 fully saturated rings. The van der Waals surface area contributed by atoms with Crippen LogP contribution in [0.5, 0.6) is 0 Å². The van der Waals surface area contributed by atoms with Gasteiger partial charge in [0, 0.05) is 25.2 Å². The summed E-state index contributed by atoms with van der Waals surface area (Å²) < 4.78 is 0. The summed E-state index contributed by atoms with van der Waals surface area (Å²) in [5.41, 5.74) is 3.20. The summed E-state index contributed by atoms with van der Waals surface area (Å²) >= 11 is 0. The zero-order valence-electron chi connectivity index (χ0n) is 15.6. The molecule has 0 saturated carbocycles. The maximum absolute atomic E-state index is 13.2. The molecule has 3 heteroatoms. The predicted octanol–water partition coefficient (Wildman–Crippen LogP) is 4.02. The highest BCUT2D eigenvalue weighted by molar-refractivity contribution is 5.98. The van der Waals surface area contributed by atoms with E-state index in [1.54, 1.807) is 0 Å². The zero-order chi connectivity index (χ0) is 17.6. The van der Waals surface area contributed by atoms with Crippen LogP contribution in [-0.2, 0) is 4.79 Å². The molecule has 0 N–H and O–H groups in total. The summed E-state index contributed by atoms with van der Waals surface area (Å²) in [6.45, 7) is 5.48. The van der Waals surface area contributed by atoms with E-state index in [1.165, 1.54) is 37.9 Å². The summed E-state index contributed by atoms with van der Waals surface area (Å²) in [7, 11) is 1.95. The molecule has 134 valence electrons. The summed E-state index contributed by atoms with van der Waals surface area (Å²) in [5.74, 6) is 0.146. The Labute approximate surface area is 152 Å². The standard InChI is InChI=1S/C22H30N2O/c1-18(17-24-14-8-3-9-15-24)23(2)22(25)21(20-12-6-7-13-20)16-19-10-4-5-11-19/h4-7,10,12,16,18H,3,8-9,11,13-15,17H2,1-2H3/b21-16+. The third-order valence-electron chi connectivity index (χ3n) is 5.43. The molecule has 25 heavy (non-hydrogen) atoms. The first-order chi connectivity index (χ1) is 12.1. The second kappa shape index (κ2) is 8.48. The van der Waals surface area contributed by atoms with Gasteiger partial charge in [-0.05, 0) is 62.9 Å². The molecule has 1 heterocycles. The third kappa shape index (κ3) is 4.60. The lowest BCUT2D eigenvalue weighted by Gasteiger charge is -2.33. The number of carbonyl (C=O) groups excluding carboxylic acids is 1. The lowest BCUT2D eigenvalue weighted by atomic mass is 9.99. The Morgan fingerprint density at radius 3 is 2.52 bits per heavy atom. The largest absolute Gasteiger partial charge is 0.338 e. The topological polar surface area (TPSA) is 23.6 Å². The molecule has 1 saturated heterocycles. The zero-order valence-corrected chi connectivity index (χ0v) is 15.6. The number of amides is 1. The lowest BCUT2D eigenvalue weighted by Crippen LogP contribution is -2.45. The molecule has 3 nitrogen and oxygen atoms in total. The van der Waals surface area contributed by atoms with Crippen molar-refractivity contribution in [2.45, 2.75) is 45.1 Å². The number of carbonyl (C=O) groups is 1. The molecular formula is C22H30N2O. The Hall–Kier alpha value is -1.87. The number of allylic oxidation sites excluding steroid dienone is 8. The molecule has 1 atom stereocenters. The van der Waals surface area contributed by atoms with Crippen molar-refractivity contribution in [3.63, 3.8) is 0 Å². The van der Waals surface area contributed by atoms with Crippen molar-refractivity contribution in [1.82, 2.24) is 9.80 Å². The molecule has 0 spiro atoms. The van der Waals surface area contributed by atoms with Crippen molar-refractivity contribution in [2.75, 3.05) is 26.7 Å². The number of nitrogens with zero attached hydrogens (tertiary/aromatic N) is 2. The Morgan fingerprint density at radius 1 is 1.16 bits per heavy atom. The van der Waals surface area contributed by atoms with Gasteiger partial charge in [0.05, 0.1) is 0 Å². The Morgan fingerprint density at radius 2 is 1.88 bits per heavy atom. The van der Waals surface area contributed by atoms with E-state index < -0.39 is 0 Å². The van der Waals surface area contributed by atoms with Crippen LogP contribution in [0.25, 0.3) is 0 Å². The summed E-state index contributed by atoms with van der Waals surface area (Å²) in [5, 5.41) is 0. The van der Waals surface area contributed by atoms with E-state index in [1.807, 2.05) is 11.9 Å². The minimum absolute atomic E-state index is 0.146. The van der Waals surface area contributed by atoms with E-state index in [9.17, 15) is 4.79 Å². The highest BCUT2D eigenvalue weighted by Crippen LogP contribution is 2.26. The van der Waals surface area contributed by atoms with Crippen LogP contribution in [0.4, 0.5) is 0 Å². The number of piperidine rings is 1. The lowest BCUT2D eigenvalue weighted by molar-refractivity contribution is -0.127. The van der Waals surface area contributed by atoms with Gasteiger partial charge in [-0.25, -0.2) is 0 Å². The molecule has 3 aliphatic rings. The molecule has 1 unspecified atom stereocenters. The first-order valence-corrected chi connectivity index (χ1v) is 9.58. The van der Waals surface area contributed by atoms with Gasteiger partial charge in [-0.2, -0.15) is 0 Å². The van der Waals surface area contributed by atoms with E-state index in [-0.39, 0.29) is 11.9 Å².